The van der Waals surface area contributed by atoms with Crippen LogP contribution in [0.1, 0.15) is 16.8 Å². The van der Waals surface area contributed by atoms with Gasteiger partial charge in [-0.15, -0.1) is 0 Å². The minimum absolute atomic E-state index is 0.0959. The smallest absolute Gasteiger partial charge is 0.269 e. The van der Waals surface area contributed by atoms with Gasteiger partial charge in [0.2, 0.25) is 11.8 Å². The highest BCUT2D eigenvalue weighted by atomic mass is 79.9. The van der Waals surface area contributed by atoms with E-state index in [0.717, 1.165) is 10.2 Å². The van der Waals surface area contributed by atoms with Crippen molar-refractivity contribution in [2.24, 2.45) is 5.92 Å². The fourth-order valence-electron chi connectivity index (χ4n) is 2.65. The van der Waals surface area contributed by atoms with Crippen LogP contribution in [0.3, 0.4) is 0 Å². The predicted octanol–water partition coefficient (Wildman–Crippen LogP) is 2.92. The van der Waals surface area contributed by atoms with Crippen molar-refractivity contribution in [3.63, 3.8) is 0 Å². The number of carbonyl (C=O) groups excluding carboxylic acids is 3. The standard InChI is InChI=1S/C18H15BrClN3O3/c19-13-3-7-15(8-4-13)23-10-12(9-16(23)24)18(26)22-21-17(25)11-1-5-14(20)6-2-11/h1-8,12H,9-10H2,(H,21,25)(H,22,26)/t12-/m1/s1. The van der Waals surface area contributed by atoms with Gasteiger partial charge in [-0.25, -0.2) is 0 Å². The van der Waals surface area contributed by atoms with Crippen molar-refractivity contribution in [2.45, 2.75) is 6.42 Å². The Hall–Kier alpha value is -2.38. The molecule has 0 radical (unpaired) electrons. The molecule has 1 fully saturated rings. The van der Waals surface area contributed by atoms with Crippen LogP contribution in [0.5, 0.6) is 0 Å². The van der Waals surface area contributed by atoms with Gasteiger partial charge in [-0.3, -0.25) is 25.2 Å². The SMILES string of the molecule is O=C(NNC(=O)[C@@H]1CC(=O)N(c2ccc(Br)cc2)C1)c1ccc(Cl)cc1. The van der Waals surface area contributed by atoms with Crippen LogP contribution in [-0.4, -0.2) is 24.3 Å². The first-order valence-corrected chi connectivity index (χ1v) is 9.03. The van der Waals surface area contributed by atoms with E-state index in [1.807, 2.05) is 24.3 Å². The summed E-state index contributed by atoms with van der Waals surface area (Å²) in [6, 6.07) is 13.6. The fourth-order valence-corrected chi connectivity index (χ4v) is 3.04. The number of hydrogen-bond acceptors (Lipinski definition) is 3. The van der Waals surface area contributed by atoms with Crippen LogP contribution < -0.4 is 15.8 Å². The lowest BCUT2D eigenvalue weighted by Crippen LogP contribution is -2.45. The van der Waals surface area contributed by atoms with E-state index < -0.39 is 17.7 Å². The van der Waals surface area contributed by atoms with Crippen molar-refractivity contribution < 1.29 is 14.4 Å². The van der Waals surface area contributed by atoms with Crippen molar-refractivity contribution >= 4 is 50.9 Å². The van der Waals surface area contributed by atoms with E-state index in [1.165, 1.54) is 0 Å². The van der Waals surface area contributed by atoms with Gasteiger partial charge in [0.05, 0.1) is 5.92 Å². The summed E-state index contributed by atoms with van der Waals surface area (Å²) in [4.78, 5) is 38.1. The second kappa shape index (κ2) is 7.88. The van der Waals surface area contributed by atoms with Gasteiger partial charge in [0.25, 0.3) is 5.91 Å². The molecule has 26 heavy (non-hydrogen) atoms. The highest BCUT2D eigenvalue weighted by molar-refractivity contribution is 9.10. The first kappa shape index (κ1) is 18.4. The molecule has 1 heterocycles. The molecule has 2 aromatic rings. The summed E-state index contributed by atoms with van der Waals surface area (Å²) >= 11 is 9.12. The van der Waals surface area contributed by atoms with Crippen molar-refractivity contribution in [1.82, 2.24) is 10.9 Å². The van der Waals surface area contributed by atoms with Gasteiger partial charge >= 0.3 is 0 Å². The van der Waals surface area contributed by atoms with E-state index in [0.29, 0.717) is 10.6 Å². The van der Waals surface area contributed by atoms with Gasteiger partial charge in [-0.2, -0.15) is 0 Å². The zero-order valence-electron chi connectivity index (χ0n) is 13.5. The molecule has 1 atom stereocenters. The third kappa shape index (κ3) is 4.23. The van der Waals surface area contributed by atoms with E-state index in [1.54, 1.807) is 29.2 Å². The van der Waals surface area contributed by atoms with Crippen LogP contribution in [0.4, 0.5) is 5.69 Å². The zero-order chi connectivity index (χ0) is 18.7. The molecular formula is C18H15BrClN3O3. The van der Waals surface area contributed by atoms with Crippen molar-refractivity contribution in [3.05, 3.63) is 63.6 Å². The fraction of sp³-hybridized carbons (Fsp3) is 0.167. The Morgan fingerprint density at radius 1 is 1.04 bits per heavy atom. The van der Waals surface area contributed by atoms with E-state index in [9.17, 15) is 14.4 Å². The molecule has 3 rings (SSSR count). The quantitative estimate of drug-likeness (QED) is 0.726. The molecule has 134 valence electrons. The maximum atomic E-state index is 12.3. The number of hydrazine groups is 1. The Balaban J connectivity index is 1.57. The van der Waals surface area contributed by atoms with Gasteiger partial charge in [0, 0.05) is 33.7 Å². The van der Waals surface area contributed by atoms with E-state index in [2.05, 4.69) is 26.8 Å². The molecule has 0 spiro atoms. The Kier molecular flexibility index (Phi) is 5.58. The van der Waals surface area contributed by atoms with Crippen LogP contribution >= 0.6 is 27.5 Å². The summed E-state index contributed by atoms with van der Waals surface area (Å²) in [5.74, 6) is -1.52. The molecule has 1 saturated heterocycles. The van der Waals surface area contributed by atoms with Crippen LogP contribution in [0.25, 0.3) is 0 Å². The Morgan fingerprint density at radius 3 is 2.35 bits per heavy atom. The number of nitrogens with zero attached hydrogens (tertiary/aromatic N) is 1. The predicted molar refractivity (Wildman–Crippen MR) is 102 cm³/mol. The van der Waals surface area contributed by atoms with Crippen molar-refractivity contribution in [3.8, 4) is 0 Å². The first-order valence-electron chi connectivity index (χ1n) is 7.86. The monoisotopic (exact) mass is 435 g/mol. The van der Waals surface area contributed by atoms with Crippen LogP contribution in [0.2, 0.25) is 5.02 Å². The maximum Gasteiger partial charge on any atom is 0.269 e. The van der Waals surface area contributed by atoms with E-state index in [4.69, 9.17) is 11.6 Å². The molecule has 6 nitrogen and oxygen atoms in total. The number of halogens is 2. The second-order valence-electron chi connectivity index (χ2n) is 5.83. The number of anilines is 1. The molecule has 0 bridgehead atoms. The topological polar surface area (TPSA) is 78.5 Å². The number of benzene rings is 2. The lowest BCUT2D eigenvalue weighted by molar-refractivity contribution is -0.126. The van der Waals surface area contributed by atoms with Gasteiger partial charge < -0.3 is 4.90 Å². The number of amides is 3. The van der Waals surface area contributed by atoms with Gasteiger partial charge in [-0.05, 0) is 48.5 Å². The normalized spacial score (nSPS) is 16.5. The molecule has 8 heteroatoms. The highest BCUT2D eigenvalue weighted by Crippen LogP contribution is 2.26. The molecule has 3 amide bonds. The number of hydrogen-bond donors (Lipinski definition) is 2. The van der Waals surface area contributed by atoms with E-state index in [-0.39, 0.29) is 18.9 Å². The maximum absolute atomic E-state index is 12.3. The average molecular weight is 437 g/mol. The third-order valence-electron chi connectivity index (χ3n) is 4.04. The van der Waals surface area contributed by atoms with Crippen molar-refractivity contribution in [2.75, 3.05) is 11.4 Å². The lowest BCUT2D eigenvalue weighted by Gasteiger charge is -2.17. The second-order valence-corrected chi connectivity index (χ2v) is 7.18. The minimum atomic E-state index is -0.531. The molecule has 1 aliphatic heterocycles. The molecule has 0 unspecified atom stereocenters. The van der Waals surface area contributed by atoms with Gasteiger partial charge in [-0.1, -0.05) is 27.5 Å². The summed E-state index contributed by atoms with van der Waals surface area (Å²) in [6.07, 6.45) is 0.0959. The van der Waals surface area contributed by atoms with Crippen LogP contribution in [-0.2, 0) is 9.59 Å². The molecule has 0 aromatic heterocycles. The van der Waals surface area contributed by atoms with E-state index >= 15 is 0 Å². The molecule has 0 saturated carbocycles. The minimum Gasteiger partial charge on any atom is -0.312 e. The lowest BCUT2D eigenvalue weighted by atomic mass is 10.1. The van der Waals surface area contributed by atoms with Crippen LogP contribution in [0, 0.1) is 5.92 Å². The van der Waals surface area contributed by atoms with Gasteiger partial charge in [0.15, 0.2) is 0 Å². The molecule has 2 N–H and O–H groups in total. The number of rotatable bonds is 3. The molecule has 1 aliphatic rings. The Morgan fingerprint density at radius 2 is 1.69 bits per heavy atom. The Bertz CT molecular complexity index is 840. The van der Waals surface area contributed by atoms with Crippen molar-refractivity contribution in [1.29, 1.82) is 0 Å². The zero-order valence-corrected chi connectivity index (χ0v) is 15.9. The molecule has 0 aliphatic carbocycles. The summed E-state index contributed by atoms with van der Waals surface area (Å²) in [5.41, 5.74) is 5.84. The summed E-state index contributed by atoms with van der Waals surface area (Å²) in [6.45, 7) is 0.267. The summed E-state index contributed by atoms with van der Waals surface area (Å²) < 4.78 is 0.909. The summed E-state index contributed by atoms with van der Waals surface area (Å²) in [7, 11) is 0. The largest absolute Gasteiger partial charge is 0.312 e. The third-order valence-corrected chi connectivity index (χ3v) is 4.82. The van der Waals surface area contributed by atoms with Crippen LogP contribution in [0.15, 0.2) is 53.0 Å². The van der Waals surface area contributed by atoms with Gasteiger partial charge in [0.1, 0.15) is 0 Å². The number of nitrogens with one attached hydrogen (secondary N) is 2. The number of carbonyl (C=O) groups is 3. The molecule has 2 aromatic carbocycles. The summed E-state index contributed by atoms with van der Waals surface area (Å²) in [5, 5.41) is 0.517. The Labute approximate surface area is 163 Å². The first-order chi connectivity index (χ1) is 12.4. The average Bonchev–Trinajstić information content (AvgIpc) is 3.02. The highest BCUT2D eigenvalue weighted by Gasteiger charge is 2.35. The molecular weight excluding hydrogens is 422 g/mol.